The Morgan fingerprint density at radius 2 is 2.19 bits per heavy atom. The maximum atomic E-state index is 5.36. The molecule has 4 nitrogen and oxygen atoms in total. The highest BCUT2D eigenvalue weighted by atomic mass is 32.1. The number of rotatable bonds is 5. The first kappa shape index (κ1) is 12.0. The molecule has 0 spiro atoms. The summed E-state index contributed by atoms with van der Waals surface area (Å²) in [6.07, 6.45) is 4.39. The SMILES string of the molecule is CNCCCc1nnc(C2CCOCC2)s1. The molecule has 0 unspecified atom stereocenters. The molecule has 0 radical (unpaired) electrons. The Morgan fingerprint density at radius 3 is 2.94 bits per heavy atom. The number of aromatic nitrogens is 2. The molecule has 1 aliphatic rings. The van der Waals surface area contributed by atoms with Gasteiger partial charge in [-0.15, -0.1) is 21.5 Å². The highest BCUT2D eigenvalue weighted by Crippen LogP contribution is 2.29. The number of ether oxygens (including phenoxy) is 1. The Kier molecular flexibility index (Phi) is 4.69. The lowest BCUT2D eigenvalue weighted by atomic mass is 10.0. The summed E-state index contributed by atoms with van der Waals surface area (Å²) in [6, 6.07) is 0. The Balaban J connectivity index is 1.85. The van der Waals surface area contributed by atoms with Crippen LogP contribution < -0.4 is 5.32 Å². The number of hydrogen-bond donors (Lipinski definition) is 1. The van der Waals surface area contributed by atoms with Crippen molar-refractivity contribution in [1.29, 1.82) is 0 Å². The summed E-state index contributed by atoms with van der Waals surface area (Å²) >= 11 is 1.78. The average Bonchev–Trinajstić information content (AvgIpc) is 2.79. The van der Waals surface area contributed by atoms with Crippen LogP contribution in [-0.4, -0.2) is 37.0 Å². The highest BCUT2D eigenvalue weighted by Gasteiger charge is 2.19. The second kappa shape index (κ2) is 6.27. The van der Waals surface area contributed by atoms with Crippen LogP contribution in [0.25, 0.3) is 0 Å². The van der Waals surface area contributed by atoms with Crippen molar-refractivity contribution in [2.75, 3.05) is 26.8 Å². The normalized spacial score (nSPS) is 17.8. The molecule has 1 aliphatic heterocycles. The van der Waals surface area contributed by atoms with E-state index in [9.17, 15) is 0 Å². The van der Waals surface area contributed by atoms with Gasteiger partial charge in [0, 0.05) is 25.6 Å². The largest absolute Gasteiger partial charge is 0.381 e. The fraction of sp³-hybridized carbons (Fsp3) is 0.818. The van der Waals surface area contributed by atoms with Crippen LogP contribution in [0.2, 0.25) is 0 Å². The third-order valence-corrected chi connectivity index (χ3v) is 4.02. The zero-order valence-electron chi connectivity index (χ0n) is 9.74. The fourth-order valence-electron chi connectivity index (χ4n) is 1.89. The van der Waals surface area contributed by atoms with E-state index in [1.54, 1.807) is 11.3 Å². The lowest BCUT2D eigenvalue weighted by Gasteiger charge is -2.18. The van der Waals surface area contributed by atoms with Gasteiger partial charge in [0.05, 0.1) is 0 Å². The molecule has 2 heterocycles. The minimum atomic E-state index is 0.587. The lowest BCUT2D eigenvalue weighted by Crippen LogP contribution is -2.13. The van der Waals surface area contributed by atoms with Gasteiger partial charge in [-0.3, -0.25) is 0 Å². The van der Waals surface area contributed by atoms with Crippen LogP contribution >= 0.6 is 11.3 Å². The van der Waals surface area contributed by atoms with Crippen LogP contribution in [0.5, 0.6) is 0 Å². The Morgan fingerprint density at radius 1 is 1.38 bits per heavy atom. The summed E-state index contributed by atoms with van der Waals surface area (Å²) in [5.74, 6) is 0.587. The monoisotopic (exact) mass is 241 g/mol. The maximum absolute atomic E-state index is 5.36. The van der Waals surface area contributed by atoms with Gasteiger partial charge in [-0.1, -0.05) is 0 Å². The maximum Gasteiger partial charge on any atom is 0.120 e. The van der Waals surface area contributed by atoms with Crippen LogP contribution in [0.3, 0.4) is 0 Å². The summed E-state index contributed by atoms with van der Waals surface area (Å²) in [7, 11) is 1.98. The summed E-state index contributed by atoms with van der Waals surface area (Å²) < 4.78 is 5.36. The molecule has 1 fully saturated rings. The molecule has 0 aromatic carbocycles. The average molecular weight is 241 g/mol. The van der Waals surface area contributed by atoms with E-state index in [-0.39, 0.29) is 0 Å². The standard InChI is InChI=1S/C11H19N3OS/c1-12-6-2-3-10-13-14-11(16-10)9-4-7-15-8-5-9/h9,12H,2-8H2,1H3. The number of nitrogens with zero attached hydrogens (tertiary/aromatic N) is 2. The molecule has 1 aromatic heterocycles. The molecule has 1 N–H and O–H groups in total. The molecule has 0 saturated carbocycles. The highest BCUT2D eigenvalue weighted by molar-refractivity contribution is 7.11. The molecule has 0 aliphatic carbocycles. The molecule has 90 valence electrons. The number of aryl methyl sites for hydroxylation is 1. The molecular formula is C11H19N3OS. The van der Waals surface area contributed by atoms with Crippen molar-refractivity contribution in [3.8, 4) is 0 Å². The van der Waals surface area contributed by atoms with Crippen molar-refractivity contribution in [3.63, 3.8) is 0 Å². The third kappa shape index (κ3) is 3.23. The van der Waals surface area contributed by atoms with Crippen LogP contribution in [-0.2, 0) is 11.2 Å². The number of nitrogens with one attached hydrogen (secondary N) is 1. The quantitative estimate of drug-likeness (QED) is 0.795. The van der Waals surface area contributed by atoms with Crippen LogP contribution in [0.15, 0.2) is 0 Å². The smallest absolute Gasteiger partial charge is 0.120 e. The van der Waals surface area contributed by atoms with Crippen molar-refractivity contribution >= 4 is 11.3 Å². The molecule has 1 aromatic rings. The van der Waals surface area contributed by atoms with Crippen LogP contribution in [0.1, 0.15) is 35.2 Å². The van der Waals surface area contributed by atoms with Crippen LogP contribution in [0, 0.1) is 0 Å². The van der Waals surface area contributed by atoms with Crippen molar-refractivity contribution in [3.05, 3.63) is 10.0 Å². The van der Waals surface area contributed by atoms with Gasteiger partial charge >= 0.3 is 0 Å². The van der Waals surface area contributed by atoms with Crippen molar-refractivity contribution in [2.45, 2.75) is 31.6 Å². The van der Waals surface area contributed by atoms with E-state index in [4.69, 9.17) is 4.74 Å². The van der Waals surface area contributed by atoms with Gasteiger partial charge in [-0.25, -0.2) is 0 Å². The molecule has 2 rings (SSSR count). The zero-order chi connectivity index (χ0) is 11.2. The minimum Gasteiger partial charge on any atom is -0.381 e. The molecule has 16 heavy (non-hydrogen) atoms. The molecule has 0 amide bonds. The number of hydrogen-bond acceptors (Lipinski definition) is 5. The van der Waals surface area contributed by atoms with Gasteiger partial charge in [0.25, 0.3) is 0 Å². The Labute approximate surface area is 100 Å². The van der Waals surface area contributed by atoms with Gasteiger partial charge in [0.1, 0.15) is 10.0 Å². The van der Waals surface area contributed by atoms with Crippen molar-refractivity contribution in [1.82, 2.24) is 15.5 Å². The van der Waals surface area contributed by atoms with Gasteiger partial charge in [-0.05, 0) is 32.9 Å². The topological polar surface area (TPSA) is 47.0 Å². The van der Waals surface area contributed by atoms with Gasteiger partial charge in [0.15, 0.2) is 0 Å². The summed E-state index contributed by atoms with van der Waals surface area (Å²) in [4.78, 5) is 0. The first-order chi connectivity index (χ1) is 7.90. The van der Waals surface area contributed by atoms with Gasteiger partial charge < -0.3 is 10.1 Å². The summed E-state index contributed by atoms with van der Waals surface area (Å²) in [6.45, 7) is 2.80. The first-order valence-corrected chi connectivity index (χ1v) is 6.76. The van der Waals surface area contributed by atoms with E-state index in [0.29, 0.717) is 5.92 Å². The predicted molar refractivity (Wildman–Crippen MR) is 65.0 cm³/mol. The summed E-state index contributed by atoms with van der Waals surface area (Å²) in [5, 5.41) is 14.1. The molecule has 0 atom stereocenters. The minimum absolute atomic E-state index is 0.587. The second-order valence-corrected chi connectivity index (χ2v) is 5.22. The molecule has 1 saturated heterocycles. The van der Waals surface area contributed by atoms with Crippen LogP contribution in [0.4, 0.5) is 0 Å². The van der Waals surface area contributed by atoms with E-state index in [1.807, 2.05) is 7.05 Å². The van der Waals surface area contributed by atoms with E-state index >= 15 is 0 Å². The molecular weight excluding hydrogens is 222 g/mol. The fourth-order valence-corrected chi connectivity index (χ4v) is 2.95. The Bertz CT molecular complexity index is 310. The lowest BCUT2D eigenvalue weighted by molar-refractivity contribution is 0.0851. The molecule has 0 bridgehead atoms. The predicted octanol–water partition coefficient (Wildman–Crippen LogP) is 1.58. The van der Waals surface area contributed by atoms with Crippen molar-refractivity contribution < 1.29 is 4.74 Å². The van der Waals surface area contributed by atoms with Gasteiger partial charge in [-0.2, -0.15) is 0 Å². The third-order valence-electron chi connectivity index (χ3n) is 2.87. The Hall–Kier alpha value is -0.520. The van der Waals surface area contributed by atoms with E-state index in [2.05, 4.69) is 15.5 Å². The first-order valence-electron chi connectivity index (χ1n) is 5.95. The van der Waals surface area contributed by atoms with E-state index < -0.39 is 0 Å². The summed E-state index contributed by atoms with van der Waals surface area (Å²) in [5.41, 5.74) is 0. The van der Waals surface area contributed by atoms with Gasteiger partial charge in [0.2, 0.25) is 0 Å². The van der Waals surface area contributed by atoms with E-state index in [1.165, 1.54) is 10.0 Å². The second-order valence-electron chi connectivity index (χ2n) is 4.13. The zero-order valence-corrected chi connectivity index (χ0v) is 10.6. The van der Waals surface area contributed by atoms with Crippen molar-refractivity contribution in [2.24, 2.45) is 0 Å². The molecule has 5 heteroatoms. The van der Waals surface area contributed by atoms with E-state index in [0.717, 1.165) is 45.4 Å².